The molecule has 1 amide bonds. The molecular weight excluding hydrogens is 287 g/mol. The highest BCUT2D eigenvalue weighted by Gasteiger charge is 2.32. The summed E-state index contributed by atoms with van der Waals surface area (Å²) in [4.78, 5) is 16.0. The first kappa shape index (κ1) is 15.1. The van der Waals surface area contributed by atoms with E-state index in [0.717, 1.165) is 6.07 Å². The first-order chi connectivity index (χ1) is 9.74. The van der Waals surface area contributed by atoms with Gasteiger partial charge in [-0.15, -0.1) is 13.2 Å². The molecule has 114 valence electrons. The van der Waals surface area contributed by atoms with Gasteiger partial charge >= 0.3 is 6.36 Å². The highest BCUT2D eigenvalue weighted by Crippen LogP contribution is 2.28. The minimum absolute atomic E-state index is 0.0719. The minimum Gasteiger partial charge on any atom is -0.406 e. The van der Waals surface area contributed by atoms with Crippen LogP contribution in [0.5, 0.6) is 5.75 Å². The van der Waals surface area contributed by atoms with E-state index in [4.69, 9.17) is 0 Å². The predicted octanol–water partition coefficient (Wildman–Crippen LogP) is 2.11. The van der Waals surface area contributed by atoms with E-state index >= 15 is 0 Å². The molecule has 2 N–H and O–H groups in total. The van der Waals surface area contributed by atoms with Crippen LogP contribution in [0.2, 0.25) is 0 Å². The SMILES string of the molecule is CC(C)NC1=NC(c2cccc(OC(F)(F)F)c2)C(=O)N1. The zero-order valence-electron chi connectivity index (χ0n) is 11.4. The van der Waals surface area contributed by atoms with E-state index in [2.05, 4.69) is 20.4 Å². The highest BCUT2D eigenvalue weighted by molar-refractivity contribution is 6.05. The number of halogens is 3. The number of rotatable bonds is 3. The van der Waals surface area contributed by atoms with Gasteiger partial charge in [-0.25, -0.2) is 4.99 Å². The van der Waals surface area contributed by atoms with Gasteiger partial charge < -0.3 is 10.1 Å². The Morgan fingerprint density at radius 2 is 2.10 bits per heavy atom. The third-order valence-electron chi connectivity index (χ3n) is 2.58. The molecule has 0 aliphatic carbocycles. The van der Waals surface area contributed by atoms with E-state index in [1.807, 2.05) is 13.8 Å². The fraction of sp³-hybridized carbons (Fsp3) is 0.385. The Morgan fingerprint density at radius 1 is 1.38 bits per heavy atom. The van der Waals surface area contributed by atoms with Gasteiger partial charge in [-0.1, -0.05) is 12.1 Å². The average Bonchev–Trinajstić information content (AvgIpc) is 2.67. The van der Waals surface area contributed by atoms with Crippen molar-refractivity contribution in [1.82, 2.24) is 10.6 Å². The van der Waals surface area contributed by atoms with Gasteiger partial charge in [0.25, 0.3) is 5.91 Å². The maximum atomic E-state index is 12.2. The Morgan fingerprint density at radius 3 is 2.71 bits per heavy atom. The zero-order valence-corrected chi connectivity index (χ0v) is 11.4. The molecule has 1 aromatic rings. The van der Waals surface area contributed by atoms with E-state index in [9.17, 15) is 18.0 Å². The first-order valence-corrected chi connectivity index (χ1v) is 6.25. The second-order valence-corrected chi connectivity index (χ2v) is 4.79. The number of alkyl halides is 3. The molecule has 0 radical (unpaired) electrons. The van der Waals surface area contributed by atoms with Gasteiger partial charge in [0.05, 0.1) is 0 Å². The molecule has 0 bridgehead atoms. The third kappa shape index (κ3) is 4.11. The van der Waals surface area contributed by atoms with E-state index in [1.165, 1.54) is 18.2 Å². The number of ether oxygens (including phenoxy) is 1. The number of guanidine groups is 1. The summed E-state index contributed by atoms with van der Waals surface area (Å²) in [5.41, 5.74) is 0.329. The topological polar surface area (TPSA) is 62.7 Å². The van der Waals surface area contributed by atoms with Gasteiger partial charge in [0.2, 0.25) is 0 Å². The molecule has 1 aliphatic heterocycles. The second-order valence-electron chi connectivity index (χ2n) is 4.79. The molecule has 1 heterocycles. The van der Waals surface area contributed by atoms with E-state index in [0.29, 0.717) is 11.5 Å². The van der Waals surface area contributed by atoms with Crippen LogP contribution in [-0.4, -0.2) is 24.3 Å². The van der Waals surface area contributed by atoms with Crippen LogP contribution in [0.4, 0.5) is 13.2 Å². The summed E-state index contributed by atoms with van der Waals surface area (Å²) in [5.74, 6) is -0.474. The normalized spacial score (nSPS) is 18.5. The number of hydrogen-bond donors (Lipinski definition) is 2. The molecule has 1 atom stereocenters. The van der Waals surface area contributed by atoms with Crippen LogP contribution in [0.1, 0.15) is 25.5 Å². The number of hydrogen-bond acceptors (Lipinski definition) is 4. The molecule has 1 aliphatic rings. The fourth-order valence-corrected chi connectivity index (χ4v) is 1.86. The molecule has 0 spiro atoms. The maximum Gasteiger partial charge on any atom is 0.573 e. The van der Waals surface area contributed by atoms with Crippen LogP contribution in [0.25, 0.3) is 0 Å². The van der Waals surface area contributed by atoms with Crippen LogP contribution >= 0.6 is 0 Å². The molecule has 5 nitrogen and oxygen atoms in total. The van der Waals surface area contributed by atoms with Crippen LogP contribution in [0.3, 0.4) is 0 Å². The summed E-state index contributed by atoms with van der Waals surface area (Å²) >= 11 is 0. The number of carbonyl (C=O) groups excluding carboxylic acids is 1. The van der Waals surface area contributed by atoms with Crippen LogP contribution < -0.4 is 15.4 Å². The smallest absolute Gasteiger partial charge is 0.406 e. The van der Waals surface area contributed by atoms with Crippen molar-refractivity contribution in [2.45, 2.75) is 32.3 Å². The van der Waals surface area contributed by atoms with E-state index in [1.54, 1.807) is 0 Å². The van der Waals surface area contributed by atoms with Gasteiger partial charge in [0, 0.05) is 6.04 Å². The third-order valence-corrected chi connectivity index (χ3v) is 2.58. The summed E-state index contributed by atoms with van der Waals surface area (Å²) in [6, 6.07) is 4.41. The van der Waals surface area contributed by atoms with Gasteiger partial charge in [-0.2, -0.15) is 0 Å². The molecule has 21 heavy (non-hydrogen) atoms. The van der Waals surface area contributed by atoms with Crippen molar-refractivity contribution in [2.24, 2.45) is 4.99 Å². The zero-order chi connectivity index (χ0) is 15.6. The van der Waals surface area contributed by atoms with Crippen LogP contribution in [-0.2, 0) is 4.79 Å². The number of aliphatic imine (C=N–C) groups is 1. The monoisotopic (exact) mass is 301 g/mol. The van der Waals surface area contributed by atoms with Gasteiger partial charge in [-0.05, 0) is 31.5 Å². The average molecular weight is 301 g/mol. The summed E-state index contributed by atoms with van der Waals surface area (Å²) in [6.45, 7) is 3.75. The van der Waals surface area contributed by atoms with Crippen molar-refractivity contribution in [3.05, 3.63) is 29.8 Å². The summed E-state index contributed by atoms with van der Waals surface area (Å²) in [5, 5.41) is 5.47. The Labute approximate surface area is 119 Å². The Hall–Kier alpha value is -2.25. The number of benzene rings is 1. The largest absolute Gasteiger partial charge is 0.573 e. The van der Waals surface area contributed by atoms with Crippen molar-refractivity contribution in [3.63, 3.8) is 0 Å². The first-order valence-electron chi connectivity index (χ1n) is 6.25. The van der Waals surface area contributed by atoms with Crippen molar-refractivity contribution in [1.29, 1.82) is 0 Å². The molecule has 0 aromatic heterocycles. The lowest BCUT2D eigenvalue weighted by atomic mass is 10.1. The number of nitrogens with zero attached hydrogens (tertiary/aromatic N) is 1. The molecular formula is C13H14F3N3O2. The molecule has 1 aromatic carbocycles. The van der Waals surface area contributed by atoms with E-state index < -0.39 is 18.3 Å². The lowest BCUT2D eigenvalue weighted by Gasteiger charge is -2.11. The van der Waals surface area contributed by atoms with Crippen LogP contribution in [0.15, 0.2) is 29.3 Å². The summed E-state index contributed by atoms with van der Waals surface area (Å²) in [7, 11) is 0. The molecule has 0 fully saturated rings. The van der Waals surface area contributed by atoms with Crippen molar-refractivity contribution < 1.29 is 22.7 Å². The Balaban J connectivity index is 2.20. The lowest BCUT2D eigenvalue weighted by molar-refractivity contribution is -0.274. The van der Waals surface area contributed by atoms with Crippen molar-refractivity contribution >= 4 is 11.9 Å². The fourth-order valence-electron chi connectivity index (χ4n) is 1.86. The number of amides is 1. The predicted molar refractivity (Wildman–Crippen MR) is 69.7 cm³/mol. The van der Waals surface area contributed by atoms with Gasteiger partial charge in [0.15, 0.2) is 12.0 Å². The lowest BCUT2D eigenvalue weighted by Crippen LogP contribution is -2.40. The van der Waals surface area contributed by atoms with E-state index in [-0.39, 0.29) is 11.8 Å². The molecule has 8 heteroatoms. The van der Waals surface area contributed by atoms with Crippen molar-refractivity contribution in [2.75, 3.05) is 0 Å². The Kier molecular flexibility index (Phi) is 4.06. The minimum atomic E-state index is -4.77. The van der Waals surface area contributed by atoms with Gasteiger partial charge in [-0.3, -0.25) is 10.1 Å². The quantitative estimate of drug-likeness (QED) is 0.899. The molecule has 1 unspecified atom stereocenters. The molecule has 0 saturated carbocycles. The summed E-state index contributed by atoms with van der Waals surface area (Å²) in [6.07, 6.45) is -4.77. The number of carbonyl (C=O) groups is 1. The van der Waals surface area contributed by atoms with Gasteiger partial charge in [0.1, 0.15) is 5.75 Å². The standard InChI is InChI=1S/C13H14F3N3O2/c1-7(2)17-12-18-10(11(20)19-12)8-4-3-5-9(6-8)21-13(14,15)16/h3-7,10H,1-2H3,(H2,17,18,19,20). The molecule has 0 saturated heterocycles. The number of nitrogens with one attached hydrogen (secondary N) is 2. The highest BCUT2D eigenvalue weighted by atomic mass is 19.4. The van der Waals surface area contributed by atoms with Crippen LogP contribution in [0, 0.1) is 0 Å². The maximum absolute atomic E-state index is 12.2. The van der Waals surface area contributed by atoms with Crippen molar-refractivity contribution in [3.8, 4) is 5.75 Å². The summed E-state index contributed by atoms with van der Waals surface area (Å²) < 4.78 is 40.4. The Bertz CT molecular complexity index is 570. The second kappa shape index (κ2) is 5.63. The molecule has 2 rings (SSSR count).